The molecule has 1 amide bonds. The molecule has 0 bridgehead atoms. The van der Waals surface area contributed by atoms with Gasteiger partial charge in [0, 0.05) is 18.2 Å². The van der Waals surface area contributed by atoms with Crippen LogP contribution in [0.5, 0.6) is 0 Å². The number of hydrazone groups is 1. The second kappa shape index (κ2) is 6.79. The number of rotatable bonds is 5. The fourth-order valence-electron chi connectivity index (χ4n) is 2.50. The number of benzene rings is 1. The molecule has 7 nitrogen and oxygen atoms in total. The average molecular weight is 359 g/mol. The standard InChI is InChI=1S/C15H16F3N3O4/c1-2-3-6-10-9-14(23,15(16,17)18)20(19-10)13(22)11-7-4-5-8-12(11)21(24)25/h4-5,7-8,23H,2-3,6,9H2,1H3/t14-/m0/s1. The van der Waals surface area contributed by atoms with Gasteiger partial charge in [-0.05, 0) is 18.9 Å². The first-order valence-electron chi connectivity index (χ1n) is 7.55. The minimum absolute atomic E-state index is 0.0219. The van der Waals surface area contributed by atoms with Crippen molar-refractivity contribution in [2.75, 3.05) is 0 Å². The Balaban J connectivity index is 2.47. The van der Waals surface area contributed by atoms with E-state index in [1.807, 2.05) is 6.92 Å². The number of carbonyl (C=O) groups is 1. The molecule has 1 aromatic carbocycles. The van der Waals surface area contributed by atoms with E-state index in [1.165, 1.54) is 12.1 Å². The summed E-state index contributed by atoms with van der Waals surface area (Å²) in [7, 11) is 0. The third-order valence-corrected chi connectivity index (χ3v) is 3.84. The van der Waals surface area contributed by atoms with Crippen LogP contribution in [-0.2, 0) is 0 Å². The Morgan fingerprint density at radius 1 is 1.44 bits per heavy atom. The predicted molar refractivity (Wildman–Crippen MR) is 81.8 cm³/mol. The van der Waals surface area contributed by atoms with E-state index in [4.69, 9.17) is 0 Å². The molecule has 2 rings (SSSR count). The zero-order valence-corrected chi connectivity index (χ0v) is 13.3. The van der Waals surface area contributed by atoms with Crippen molar-refractivity contribution in [3.63, 3.8) is 0 Å². The number of carbonyl (C=O) groups excluding carboxylic acids is 1. The molecule has 1 N–H and O–H groups in total. The lowest BCUT2D eigenvalue weighted by Crippen LogP contribution is -2.56. The molecule has 25 heavy (non-hydrogen) atoms. The monoisotopic (exact) mass is 359 g/mol. The van der Waals surface area contributed by atoms with Crippen LogP contribution < -0.4 is 0 Å². The third kappa shape index (κ3) is 3.48. The maximum atomic E-state index is 13.4. The topological polar surface area (TPSA) is 96.0 Å². The number of alkyl halides is 3. The van der Waals surface area contributed by atoms with Gasteiger partial charge in [-0.1, -0.05) is 25.5 Å². The molecule has 136 valence electrons. The molecular formula is C15H16F3N3O4. The molecule has 0 saturated carbocycles. The van der Waals surface area contributed by atoms with Crippen LogP contribution in [0, 0.1) is 10.1 Å². The highest BCUT2D eigenvalue weighted by Gasteiger charge is 2.63. The second-order valence-corrected chi connectivity index (χ2v) is 5.65. The Kier molecular flexibility index (Phi) is 5.12. The van der Waals surface area contributed by atoms with Gasteiger partial charge in [-0.25, -0.2) is 0 Å². The van der Waals surface area contributed by atoms with Crippen LogP contribution in [0.1, 0.15) is 43.0 Å². The summed E-state index contributed by atoms with van der Waals surface area (Å²) in [6.07, 6.45) is -4.61. The number of hydrogen-bond acceptors (Lipinski definition) is 5. The van der Waals surface area contributed by atoms with Crippen molar-refractivity contribution in [2.45, 2.75) is 44.5 Å². The summed E-state index contributed by atoms with van der Waals surface area (Å²) in [6.45, 7) is 1.84. The van der Waals surface area contributed by atoms with E-state index in [0.717, 1.165) is 12.1 Å². The van der Waals surface area contributed by atoms with E-state index in [-0.39, 0.29) is 17.1 Å². The van der Waals surface area contributed by atoms with Gasteiger partial charge >= 0.3 is 6.18 Å². The highest BCUT2D eigenvalue weighted by molar-refractivity contribution is 6.01. The van der Waals surface area contributed by atoms with Crippen LogP contribution >= 0.6 is 0 Å². The van der Waals surface area contributed by atoms with Crippen LogP contribution in [0.3, 0.4) is 0 Å². The molecule has 1 aliphatic heterocycles. The molecule has 1 aliphatic rings. The second-order valence-electron chi connectivity index (χ2n) is 5.65. The zero-order valence-electron chi connectivity index (χ0n) is 13.3. The number of nitro benzene ring substituents is 1. The summed E-state index contributed by atoms with van der Waals surface area (Å²) in [4.78, 5) is 22.7. The number of halogens is 3. The molecule has 0 aliphatic carbocycles. The number of aliphatic hydroxyl groups is 1. The minimum Gasteiger partial charge on any atom is -0.362 e. The van der Waals surface area contributed by atoms with Crippen molar-refractivity contribution in [2.24, 2.45) is 5.10 Å². The maximum Gasteiger partial charge on any atom is 0.438 e. The van der Waals surface area contributed by atoms with Gasteiger partial charge in [0.25, 0.3) is 17.3 Å². The zero-order chi connectivity index (χ0) is 18.8. The third-order valence-electron chi connectivity index (χ3n) is 3.84. The Morgan fingerprint density at radius 3 is 2.64 bits per heavy atom. The van der Waals surface area contributed by atoms with Crippen molar-refractivity contribution in [1.29, 1.82) is 0 Å². The maximum absolute atomic E-state index is 13.4. The number of hydrogen-bond donors (Lipinski definition) is 1. The quantitative estimate of drug-likeness (QED) is 0.645. The van der Waals surface area contributed by atoms with Gasteiger partial charge in [-0.3, -0.25) is 14.9 Å². The van der Waals surface area contributed by atoms with E-state index in [9.17, 15) is 33.2 Å². The van der Waals surface area contributed by atoms with E-state index in [0.29, 0.717) is 12.8 Å². The summed E-state index contributed by atoms with van der Waals surface area (Å²) < 4.78 is 40.1. The fraction of sp³-hybridized carbons (Fsp3) is 0.467. The summed E-state index contributed by atoms with van der Waals surface area (Å²) >= 11 is 0. The van der Waals surface area contributed by atoms with E-state index < -0.39 is 40.4 Å². The molecule has 1 aromatic rings. The number of nitro groups is 1. The van der Waals surface area contributed by atoms with Crippen LogP contribution in [0.25, 0.3) is 0 Å². The van der Waals surface area contributed by atoms with E-state index in [2.05, 4.69) is 5.10 Å². The molecule has 0 radical (unpaired) electrons. The molecule has 10 heteroatoms. The van der Waals surface area contributed by atoms with Gasteiger partial charge in [-0.15, -0.1) is 0 Å². The molecule has 0 unspecified atom stereocenters. The average Bonchev–Trinajstić information content (AvgIpc) is 2.90. The molecular weight excluding hydrogens is 343 g/mol. The van der Waals surface area contributed by atoms with Crippen molar-refractivity contribution in [3.05, 3.63) is 39.9 Å². The molecule has 0 spiro atoms. The Morgan fingerprint density at radius 2 is 2.08 bits per heavy atom. The van der Waals surface area contributed by atoms with Crippen molar-refractivity contribution >= 4 is 17.3 Å². The fourth-order valence-corrected chi connectivity index (χ4v) is 2.50. The van der Waals surface area contributed by atoms with Gasteiger partial charge in [-0.2, -0.15) is 23.3 Å². The predicted octanol–water partition coefficient (Wildman–Crippen LogP) is 3.24. The molecule has 0 saturated heterocycles. The van der Waals surface area contributed by atoms with Crippen LogP contribution in [-0.4, -0.2) is 38.6 Å². The van der Waals surface area contributed by atoms with Gasteiger partial charge in [0.15, 0.2) is 0 Å². The van der Waals surface area contributed by atoms with Gasteiger partial charge in [0.1, 0.15) is 5.56 Å². The smallest absolute Gasteiger partial charge is 0.362 e. The molecule has 1 heterocycles. The van der Waals surface area contributed by atoms with Gasteiger partial charge < -0.3 is 5.11 Å². The minimum atomic E-state index is -5.16. The highest BCUT2D eigenvalue weighted by Crippen LogP contribution is 2.42. The summed E-state index contributed by atoms with van der Waals surface area (Å²) in [5.74, 6) is -1.38. The Hall–Kier alpha value is -2.49. The summed E-state index contributed by atoms with van der Waals surface area (Å²) in [6, 6.07) is 4.59. The largest absolute Gasteiger partial charge is 0.438 e. The van der Waals surface area contributed by atoms with Crippen LogP contribution in [0.15, 0.2) is 29.4 Å². The lowest BCUT2D eigenvalue weighted by atomic mass is 10.0. The van der Waals surface area contributed by atoms with E-state index >= 15 is 0 Å². The number of nitrogens with zero attached hydrogens (tertiary/aromatic N) is 3. The first-order valence-corrected chi connectivity index (χ1v) is 7.55. The van der Waals surface area contributed by atoms with Crippen LogP contribution in [0.2, 0.25) is 0 Å². The SMILES string of the molecule is CCCCC1=NN(C(=O)c2ccccc2[N+](=O)[O-])[C@@](O)(C(F)(F)F)C1. The Labute approximate surface area is 140 Å². The van der Waals surface area contributed by atoms with Crippen molar-refractivity contribution in [3.8, 4) is 0 Å². The first kappa shape index (κ1) is 18.8. The Bertz CT molecular complexity index is 720. The number of para-hydroxylation sites is 1. The van der Waals surface area contributed by atoms with Gasteiger partial charge in [0.2, 0.25) is 0 Å². The molecule has 0 aromatic heterocycles. The van der Waals surface area contributed by atoms with Crippen molar-refractivity contribution < 1.29 is 28.0 Å². The van der Waals surface area contributed by atoms with E-state index in [1.54, 1.807) is 0 Å². The molecule has 1 atom stereocenters. The lowest BCUT2D eigenvalue weighted by molar-refractivity contribution is -0.385. The number of amides is 1. The summed E-state index contributed by atoms with van der Waals surface area (Å²) in [5, 5.41) is 24.7. The number of unbranched alkanes of at least 4 members (excludes halogenated alkanes) is 1. The van der Waals surface area contributed by atoms with Crippen LogP contribution in [0.4, 0.5) is 18.9 Å². The normalized spacial score (nSPS) is 20.5. The summed E-state index contributed by atoms with van der Waals surface area (Å²) in [5.41, 5.74) is -4.73. The van der Waals surface area contributed by atoms with Gasteiger partial charge in [0.05, 0.1) is 4.92 Å². The first-order chi connectivity index (χ1) is 11.6. The highest BCUT2D eigenvalue weighted by atomic mass is 19.4. The lowest BCUT2D eigenvalue weighted by Gasteiger charge is -2.32. The molecule has 0 fully saturated rings. The van der Waals surface area contributed by atoms with Crippen molar-refractivity contribution in [1.82, 2.24) is 5.01 Å².